The zero-order chi connectivity index (χ0) is 16.2. The molecular formula is C18H16ClFN2S. The van der Waals surface area contributed by atoms with Crippen molar-refractivity contribution in [2.75, 3.05) is 0 Å². The van der Waals surface area contributed by atoms with Crippen LogP contribution in [0.3, 0.4) is 0 Å². The topological polar surface area (TPSA) is 24.9 Å². The average Bonchev–Trinajstić information content (AvgIpc) is 3.02. The van der Waals surface area contributed by atoms with Crippen molar-refractivity contribution in [2.24, 2.45) is 0 Å². The van der Waals surface area contributed by atoms with Crippen molar-refractivity contribution in [3.05, 3.63) is 76.0 Å². The molecule has 0 amide bonds. The maximum absolute atomic E-state index is 13.0. The lowest BCUT2D eigenvalue weighted by molar-refractivity contribution is 0.569. The lowest BCUT2D eigenvalue weighted by Gasteiger charge is -2.13. The first-order valence-corrected chi connectivity index (χ1v) is 8.57. The Kier molecular flexibility index (Phi) is 5.06. The second-order valence-electron chi connectivity index (χ2n) is 5.31. The first-order chi connectivity index (χ1) is 11.1. The van der Waals surface area contributed by atoms with Crippen LogP contribution in [0.15, 0.2) is 53.9 Å². The molecule has 118 valence electrons. The lowest BCUT2D eigenvalue weighted by atomic mass is 10.1. The van der Waals surface area contributed by atoms with Crippen molar-refractivity contribution in [2.45, 2.75) is 19.5 Å². The summed E-state index contributed by atoms with van der Waals surface area (Å²) in [4.78, 5) is 4.60. The van der Waals surface area contributed by atoms with Crippen molar-refractivity contribution < 1.29 is 4.39 Å². The van der Waals surface area contributed by atoms with Crippen molar-refractivity contribution >= 4 is 22.9 Å². The fourth-order valence-electron chi connectivity index (χ4n) is 2.26. The third-order valence-corrected chi connectivity index (χ3v) is 4.76. The first-order valence-electron chi connectivity index (χ1n) is 7.31. The Bertz CT molecular complexity index is 786. The van der Waals surface area contributed by atoms with Gasteiger partial charge in [-0.1, -0.05) is 23.7 Å². The molecule has 0 fully saturated rings. The number of rotatable bonds is 5. The molecule has 2 nitrogen and oxygen atoms in total. The summed E-state index contributed by atoms with van der Waals surface area (Å²) in [7, 11) is 0. The third-order valence-electron chi connectivity index (χ3n) is 3.58. The molecule has 0 aliphatic heterocycles. The number of hydrogen-bond donors (Lipinski definition) is 1. The Morgan fingerprint density at radius 3 is 2.74 bits per heavy atom. The van der Waals surface area contributed by atoms with Gasteiger partial charge in [0.25, 0.3) is 0 Å². The smallest absolute Gasteiger partial charge is 0.123 e. The number of aromatic nitrogens is 1. The maximum Gasteiger partial charge on any atom is 0.123 e. The molecule has 0 saturated carbocycles. The Hall–Kier alpha value is -1.75. The fraction of sp³-hybridized carbons (Fsp3) is 0.167. The highest BCUT2D eigenvalue weighted by molar-refractivity contribution is 7.13. The minimum absolute atomic E-state index is 0.185. The van der Waals surface area contributed by atoms with E-state index < -0.39 is 0 Å². The Labute approximate surface area is 144 Å². The summed E-state index contributed by atoms with van der Waals surface area (Å²) in [6.45, 7) is 2.77. The van der Waals surface area contributed by atoms with Gasteiger partial charge in [-0.3, -0.25) is 0 Å². The number of thiazole rings is 1. The Morgan fingerprint density at radius 1 is 1.22 bits per heavy atom. The molecule has 23 heavy (non-hydrogen) atoms. The van der Waals surface area contributed by atoms with Gasteiger partial charge >= 0.3 is 0 Å². The Balaban J connectivity index is 1.64. The van der Waals surface area contributed by atoms with Crippen LogP contribution in [0.25, 0.3) is 10.6 Å². The van der Waals surface area contributed by atoms with Gasteiger partial charge in [0.15, 0.2) is 0 Å². The van der Waals surface area contributed by atoms with Gasteiger partial charge in [-0.2, -0.15) is 0 Å². The highest BCUT2D eigenvalue weighted by atomic mass is 35.5. The van der Waals surface area contributed by atoms with Gasteiger partial charge in [0, 0.05) is 28.6 Å². The van der Waals surface area contributed by atoms with E-state index in [9.17, 15) is 4.39 Å². The van der Waals surface area contributed by atoms with E-state index in [0.717, 1.165) is 26.9 Å². The van der Waals surface area contributed by atoms with Gasteiger partial charge in [-0.25, -0.2) is 9.37 Å². The number of benzene rings is 2. The van der Waals surface area contributed by atoms with Gasteiger partial charge in [0.2, 0.25) is 0 Å². The fourth-order valence-corrected chi connectivity index (χ4v) is 3.29. The van der Waals surface area contributed by atoms with E-state index in [1.165, 1.54) is 12.1 Å². The lowest BCUT2D eigenvalue weighted by Crippen LogP contribution is -2.18. The second kappa shape index (κ2) is 7.21. The van der Waals surface area contributed by atoms with Crippen LogP contribution in [0.2, 0.25) is 5.02 Å². The second-order valence-corrected chi connectivity index (χ2v) is 6.60. The summed E-state index contributed by atoms with van der Waals surface area (Å²) < 4.78 is 13.0. The average molecular weight is 347 g/mol. The highest BCUT2D eigenvalue weighted by Gasteiger charge is 2.08. The monoisotopic (exact) mass is 346 g/mol. The molecule has 1 atom stereocenters. The molecule has 1 N–H and O–H groups in total. The summed E-state index contributed by atoms with van der Waals surface area (Å²) in [5.41, 5.74) is 3.06. The quantitative estimate of drug-likeness (QED) is 0.664. The van der Waals surface area contributed by atoms with Crippen LogP contribution in [0.4, 0.5) is 4.39 Å². The Morgan fingerprint density at radius 2 is 2.00 bits per heavy atom. The van der Waals surface area contributed by atoms with E-state index in [0.29, 0.717) is 6.54 Å². The summed E-state index contributed by atoms with van der Waals surface area (Å²) in [5, 5.41) is 7.11. The molecule has 0 saturated heterocycles. The van der Waals surface area contributed by atoms with Gasteiger partial charge in [0.05, 0.1) is 5.69 Å². The van der Waals surface area contributed by atoms with Crippen LogP contribution in [0.5, 0.6) is 0 Å². The number of nitrogens with zero attached hydrogens (tertiary/aromatic N) is 1. The summed E-state index contributed by atoms with van der Waals surface area (Å²) in [5.74, 6) is -0.234. The third kappa shape index (κ3) is 4.16. The van der Waals surface area contributed by atoms with Crippen LogP contribution < -0.4 is 5.32 Å². The standard InChI is InChI=1S/C18H16ClFN2S/c1-12(14-3-2-4-15(19)9-14)21-10-17-11-23-18(22-17)13-5-7-16(20)8-6-13/h2-9,11-12,21H,10H2,1H3. The molecule has 3 rings (SSSR count). The van der Waals surface area contributed by atoms with Crippen LogP contribution >= 0.6 is 22.9 Å². The molecule has 0 spiro atoms. The predicted molar refractivity (Wildman–Crippen MR) is 94.2 cm³/mol. The minimum Gasteiger partial charge on any atom is -0.305 e. The van der Waals surface area contributed by atoms with Crippen LogP contribution in [0.1, 0.15) is 24.2 Å². The van der Waals surface area contributed by atoms with E-state index in [-0.39, 0.29) is 11.9 Å². The molecule has 3 aromatic rings. The van der Waals surface area contributed by atoms with Gasteiger partial charge in [0.1, 0.15) is 10.8 Å². The first kappa shape index (κ1) is 16.1. The molecule has 5 heteroatoms. The highest BCUT2D eigenvalue weighted by Crippen LogP contribution is 2.24. The number of nitrogens with one attached hydrogen (secondary N) is 1. The van der Waals surface area contributed by atoms with E-state index in [1.807, 2.05) is 23.6 Å². The summed E-state index contributed by atoms with van der Waals surface area (Å²) in [6.07, 6.45) is 0. The van der Waals surface area contributed by atoms with Crippen LogP contribution in [-0.4, -0.2) is 4.98 Å². The number of hydrogen-bond acceptors (Lipinski definition) is 3. The van der Waals surface area contributed by atoms with Crippen molar-refractivity contribution in [3.63, 3.8) is 0 Å². The molecule has 0 aliphatic rings. The normalized spacial score (nSPS) is 12.3. The summed E-state index contributed by atoms with van der Waals surface area (Å²) in [6, 6.07) is 14.4. The molecule has 1 heterocycles. The van der Waals surface area contributed by atoms with E-state index >= 15 is 0 Å². The van der Waals surface area contributed by atoms with Gasteiger partial charge in [-0.15, -0.1) is 11.3 Å². The molecule has 0 bridgehead atoms. The molecular weight excluding hydrogens is 331 g/mol. The molecule has 0 radical (unpaired) electrons. The molecule has 1 aromatic heterocycles. The van der Waals surface area contributed by atoms with Gasteiger partial charge < -0.3 is 5.32 Å². The minimum atomic E-state index is -0.234. The van der Waals surface area contributed by atoms with Crippen LogP contribution in [-0.2, 0) is 6.54 Å². The molecule has 0 aliphatic carbocycles. The van der Waals surface area contributed by atoms with Crippen molar-refractivity contribution in [1.82, 2.24) is 10.3 Å². The van der Waals surface area contributed by atoms with Crippen molar-refractivity contribution in [1.29, 1.82) is 0 Å². The predicted octanol–water partition coefficient (Wildman–Crippen LogP) is 5.45. The maximum atomic E-state index is 13.0. The van der Waals surface area contributed by atoms with E-state index in [1.54, 1.807) is 23.5 Å². The van der Waals surface area contributed by atoms with Crippen LogP contribution in [0, 0.1) is 5.82 Å². The molecule has 2 aromatic carbocycles. The number of halogens is 2. The van der Waals surface area contributed by atoms with Crippen molar-refractivity contribution in [3.8, 4) is 10.6 Å². The molecule has 1 unspecified atom stereocenters. The zero-order valence-electron chi connectivity index (χ0n) is 12.6. The van der Waals surface area contributed by atoms with E-state index in [4.69, 9.17) is 11.6 Å². The SMILES string of the molecule is CC(NCc1csc(-c2ccc(F)cc2)n1)c1cccc(Cl)c1. The zero-order valence-corrected chi connectivity index (χ0v) is 14.2. The summed E-state index contributed by atoms with van der Waals surface area (Å²) >= 11 is 7.59. The van der Waals surface area contributed by atoms with E-state index in [2.05, 4.69) is 23.3 Å². The largest absolute Gasteiger partial charge is 0.305 e. The van der Waals surface area contributed by atoms with Gasteiger partial charge in [-0.05, 0) is 48.9 Å².